The van der Waals surface area contributed by atoms with Crippen LogP contribution in [0.4, 0.5) is 17.2 Å². The highest BCUT2D eigenvalue weighted by molar-refractivity contribution is 5.64. The maximum absolute atomic E-state index is 12.7. The van der Waals surface area contributed by atoms with Gasteiger partial charge in [-0.05, 0) is 18.2 Å². The fourth-order valence-electron chi connectivity index (χ4n) is 3.09. The number of hydrogen-bond acceptors (Lipinski definition) is 6. The van der Waals surface area contributed by atoms with Gasteiger partial charge in [0, 0.05) is 36.7 Å². The van der Waals surface area contributed by atoms with E-state index in [1.54, 1.807) is 6.20 Å². The maximum Gasteiger partial charge on any atom is 0.265 e. The third-order valence-electron chi connectivity index (χ3n) is 4.48. The summed E-state index contributed by atoms with van der Waals surface area (Å²) in [5.74, 6) is 0.378. The van der Waals surface area contributed by atoms with Crippen LogP contribution in [0.2, 0.25) is 0 Å². The van der Waals surface area contributed by atoms with Crippen LogP contribution in [-0.4, -0.2) is 40.8 Å². The predicted octanol–water partition coefficient (Wildman–Crippen LogP) is 2.40. The quantitative estimate of drug-likeness (QED) is 0.736. The first-order valence-electron chi connectivity index (χ1n) is 8.57. The van der Waals surface area contributed by atoms with Crippen molar-refractivity contribution in [2.24, 2.45) is 0 Å². The molecule has 1 fully saturated rings. The number of morpholine rings is 1. The van der Waals surface area contributed by atoms with E-state index in [0.29, 0.717) is 24.7 Å². The lowest BCUT2D eigenvalue weighted by atomic mass is 10.2. The number of para-hydroxylation sites is 1. The molecule has 7 heteroatoms. The number of aromatic nitrogens is 2. The van der Waals surface area contributed by atoms with Crippen LogP contribution in [0.25, 0.3) is 5.65 Å². The second kappa shape index (κ2) is 8.20. The van der Waals surface area contributed by atoms with Crippen molar-refractivity contribution in [1.29, 1.82) is 0 Å². The van der Waals surface area contributed by atoms with E-state index in [4.69, 9.17) is 4.74 Å². The summed E-state index contributed by atoms with van der Waals surface area (Å²) in [4.78, 5) is 19.5. The Balaban J connectivity index is 0.00000210. The molecule has 3 aromatic rings. The Labute approximate surface area is 157 Å². The third-order valence-corrected chi connectivity index (χ3v) is 4.48. The number of benzene rings is 1. The molecule has 0 saturated carbocycles. The van der Waals surface area contributed by atoms with Crippen LogP contribution in [-0.2, 0) is 11.3 Å². The topological polar surface area (TPSA) is 79.1 Å². The molecule has 3 heterocycles. The zero-order valence-corrected chi connectivity index (χ0v) is 14.3. The number of aliphatic hydroxyl groups is 1. The number of rotatable bonds is 4. The van der Waals surface area contributed by atoms with Crippen molar-refractivity contribution >= 4 is 22.8 Å². The molecule has 0 aliphatic carbocycles. The number of anilines is 3. The van der Waals surface area contributed by atoms with Gasteiger partial charge in [-0.25, -0.2) is 4.98 Å². The summed E-state index contributed by atoms with van der Waals surface area (Å²) in [6.07, 6.45) is 1.71. The molecule has 1 saturated heterocycles. The lowest BCUT2D eigenvalue weighted by Gasteiger charge is -2.29. The second-order valence-electron chi connectivity index (χ2n) is 6.11. The number of hydrogen-bond donors (Lipinski definition) is 2. The third kappa shape index (κ3) is 3.79. The Hall–Kier alpha value is -2.90. The summed E-state index contributed by atoms with van der Waals surface area (Å²) < 4.78 is 6.86. The minimum atomic E-state index is -0.380. The molecule has 142 valence electrons. The largest absolute Gasteiger partial charge is 0.391 e. The van der Waals surface area contributed by atoms with Crippen LogP contribution in [0.1, 0.15) is 13.0 Å². The molecule has 0 atom stereocenters. The fraction of sp³-hybridized carbons (Fsp3) is 0.300. The number of pyridine rings is 1. The van der Waals surface area contributed by atoms with Gasteiger partial charge in [0.05, 0.1) is 25.4 Å². The Bertz CT molecular complexity index is 966. The van der Waals surface area contributed by atoms with Gasteiger partial charge in [0.2, 0.25) is 0 Å². The summed E-state index contributed by atoms with van der Waals surface area (Å²) in [6.45, 7) is 2.62. The molecule has 7 nitrogen and oxygen atoms in total. The Morgan fingerprint density at radius 1 is 1.15 bits per heavy atom. The van der Waals surface area contributed by atoms with E-state index >= 15 is 0 Å². The van der Waals surface area contributed by atoms with E-state index in [9.17, 15) is 9.90 Å². The van der Waals surface area contributed by atoms with Gasteiger partial charge in [-0.1, -0.05) is 25.6 Å². The van der Waals surface area contributed by atoms with Gasteiger partial charge in [-0.15, -0.1) is 0 Å². The van der Waals surface area contributed by atoms with Gasteiger partial charge < -0.3 is 20.1 Å². The highest BCUT2D eigenvalue weighted by Gasteiger charge is 2.15. The highest BCUT2D eigenvalue weighted by atomic mass is 16.5. The zero-order chi connectivity index (χ0) is 17.9. The first-order chi connectivity index (χ1) is 12.8. The molecular formula is C20H24N4O3. The van der Waals surface area contributed by atoms with E-state index in [2.05, 4.69) is 15.2 Å². The molecule has 0 bridgehead atoms. The average molecular weight is 368 g/mol. The molecule has 0 unspecified atom stereocenters. The average Bonchev–Trinajstić information content (AvgIpc) is 2.69. The molecule has 4 rings (SSSR count). The summed E-state index contributed by atoms with van der Waals surface area (Å²) >= 11 is 0. The standard InChI is InChI=1S/C19H20N4O3.CH4/c24-13-16-18(20-14-4-2-1-3-5-14)21-17-12-15(6-7-23(17)19(16)25)22-8-10-26-11-9-22;/h1-7,12,20,24H,8-11,13H2;1H4. The molecule has 1 aromatic carbocycles. The van der Waals surface area contributed by atoms with Crippen LogP contribution in [0.15, 0.2) is 53.5 Å². The van der Waals surface area contributed by atoms with Gasteiger partial charge in [0.1, 0.15) is 11.5 Å². The van der Waals surface area contributed by atoms with Crippen molar-refractivity contribution < 1.29 is 9.84 Å². The van der Waals surface area contributed by atoms with Crippen molar-refractivity contribution in [3.8, 4) is 0 Å². The van der Waals surface area contributed by atoms with Crippen LogP contribution < -0.4 is 15.8 Å². The van der Waals surface area contributed by atoms with E-state index in [-0.39, 0.29) is 25.2 Å². The van der Waals surface area contributed by atoms with E-state index < -0.39 is 0 Å². The number of ether oxygens (including phenoxy) is 1. The number of aliphatic hydroxyl groups excluding tert-OH is 1. The SMILES string of the molecule is C.O=c1c(CO)c(Nc2ccccc2)nc2cc(N3CCOCC3)ccn12. The van der Waals surface area contributed by atoms with Crippen LogP contribution >= 0.6 is 0 Å². The Morgan fingerprint density at radius 3 is 2.59 bits per heavy atom. The molecule has 2 N–H and O–H groups in total. The van der Waals surface area contributed by atoms with Gasteiger partial charge in [0.25, 0.3) is 5.56 Å². The molecule has 1 aliphatic rings. The van der Waals surface area contributed by atoms with E-state index in [1.807, 2.05) is 42.5 Å². The van der Waals surface area contributed by atoms with E-state index in [0.717, 1.165) is 24.5 Å². The second-order valence-corrected chi connectivity index (χ2v) is 6.11. The van der Waals surface area contributed by atoms with Gasteiger partial charge in [0.15, 0.2) is 0 Å². The van der Waals surface area contributed by atoms with Crippen molar-refractivity contribution in [2.45, 2.75) is 14.0 Å². The highest BCUT2D eigenvalue weighted by Crippen LogP contribution is 2.21. The monoisotopic (exact) mass is 368 g/mol. The summed E-state index contributed by atoms with van der Waals surface area (Å²) in [7, 11) is 0. The number of nitrogens with one attached hydrogen (secondary N) is 1. The smallest absolute Gasteiger partial charge is 0.265 e. The first kappa shape index (κ1) is 18.9. The lowest BCUT2D eigenvalue weighted by molar-refractivity contribution is 0.122. The molecule has 0 spiro atoms. The Morgan fingerprint density at radius 2 is 1.89 bits per heavy atom. The molecule has 0 amide bonds. The maximum atomic E-state index is 12.7. The van der Waals surface area contributed by atoms with Gasteiger partial charge in [-0.2, -0.15) is 0 Å². The zero-order valence-electron chi connectivity index (χ0n) is 14.3. The number of fused-ring (bicyclic) bond motifs is 1. The van der Waals surface area contributed by atoms with Crippen molar-refractivity contribution in [1.82, 2.24) is 9.38 Å². The molecule has 0 radical (unpaired) electrons. The van der Waals surface area contributed by atoms with Crippen molar-refractivity contribution in [3.63, 3.8) is 0 Å². The van der Waals surface area contributed by atoms with Crippen LogP contribution in [0, 0.1) is 0 Å². The Kier molecular flexibility index (Phi) is 5.73. The minimum absolute atomic E-state index is 0. The molecule has 2 aromatic heterocycles. The minimum Gasteiger partial charge on any atom is -0.391 e. The molecular weight excluding hydrogens is 344 g/mol. The van der Waals surface area contributed by atoms with Crippen molar-refractivity contribution in [3.05, 3.63) is 64.6 Å². The lowest BCUT2D eigenvalue weighted by Crippen LogP contribution is -2.36. The van der Waals surface area contributed by atoms with Gasteiger partial charge in [-0.3, -0.25) is 9.20 Å². The summed E-state index contributed by atoms with van der Waals surface area (Å²) in [5, 5.41) is 12.8. The summed E-state index contributed by atoms with van der Waals surface area (Å²) in [6, 6.07) is 13.3. The van der Waals surface area contributed by atoms with E-state index in [1.165, 1.54) is 4.40 Å². The molecule has 27 heavy (non-hydrogen) atoms. The first-order valence-corrected chi connectivity index (χ1v) is 8.57. The van der Waals surface area contributed by atoms with Gasteiger partial charge >= 0.3 is 0 Å². The van der Waals surface area contributed by atoms with Crippen molar-refractivity contribution in [2.75, 3.05) is 36.5 Å². The number of nitrogens with zero attached hydrogens (tertiary/aromatic N) is 3. The van der Waals surface area contributed by atoms with Crippen LogP contribution in [0.5, 0.6) is 0 Å². The fourth-order valence-corrected chi connectivity index (χ4v) is 3.09. The molecule has 1 aliphatic heterocycles. The van der Waals surface area contributed by atoms with Crippen LogP contribution in [0.3, 0.4) is 0 Å². The normalized spacial score (nSPS) is 14.0. The summed E-state index contributed by atoms with van der Waals surface area (Å²) in [5.41, 5.74) is 2.31. The predicted molar refractivity (Wildman–Crippen MR) is 107 cm³/mol.